The van der Waals surface area contributed by atoms with E-state index in [1.807, 2.05) is 30.0 Å². The highest BCUT2D eigenvalue weighted by atomic mass is 16.3. The Kier molecular flexibility index (Phi) is 12.5. The fourth-order valence-corrected chi connectivity index (χ4v) is 4.09. The molecule has 0 spiro atoms. The number of aryl methyl sites for hydroxylation is 1. The molecule has 3 heterocycles. The maximum Gasteiger partial charge on any atom is 0.205 e. The average molecular weight is 538 g/mol. The van der Waals surface area contributed by atoms with E-state index >= 15 is 0 Å². The fourth-order valence-electron chi connectivity index (χ4n) is 4.09. The Hall–Kier alpha value is -4.40. The summed E-state index contributed by atoms with van der Waals surface area (Å²) in [6, 6.07) is 10.7. The van der Waals surface area contributed by atoms with E-state index in [2.05, 4.69) is 62.2 Å². The highest BCUT2D eigenvalue weighted by Gasteiger charge is 2.14. The molecule has 2 aromatic heterocycles. The van der Waals surface area contributed by atoms with Crippen molar-refractivity contribution in [3.8, 4) is 40.7 Å². The predicted molar refractivity (Wildman–Crippen MR) is 163 cm³/mol. The van der Waals surface area contributed by atoms with Gasteiger partial charge in [-0.3, -0.25) is 4.90 Å². The molecule has 1 fully saturated rings. The number of benzene rings is 1. The van der Waals surface area contributed by atoms with Gasteiger partial charge in [0.1, 0.15) is 5.75 Å². The van der Waals surface area contributed by atoms with Crippen LogP contribution in [0, 0.1) is 30.6 Å². The lowest BCUT2D eigenvalue weighted by atomic mass is 10.1. The van der Waals surface area contributed by atoms with Gasteiger partial charge in [-0.05, 0) is 69.5 Å². The summed E-state index contributed by atoms with van der Waals surface area (Å²) in [5.41, 5.74) is 8.88. The third-order valence-corrected chi connectivity index (χ3v) is 6.19. The lowest BCUT2D eigenvalue weighted by molar-refractivity contribution is 0.255. The van der Waals surface area contributed by atoms with Crippen molar-refractivity contribution >= 4 is 11.5 Å². The van der Waals surface area contributed by atoms with Crippen LogP contribution in [-0.4, -0.2) is 62.9 Å². The van der Waals surface area contributed by atoms with Crippen molar-refractivity contribution < 1.29 is 5.11 Å². The molecule has 4 rings (SSSR count). The van der Waals surface area contributed by atoms with Gasteiger partial charge in [0.25, 0.3) is 0 Å². The zero-order valence-electron chi connectivity index (χ0n) is 23.6. The number of nitrogens with zero attached hydrogens (tertiary/aromatic N) is 6. The molecule has 40 heavy (non-hydrogen) atoms. The molecule has 3 N–H and O–H groups in total. The molecular weight excluding hydrogens is 498 g/mol. The van der Waals surface area contributed by atoms with Crippen LogP contribution >= 0.6 is 0 Å². The largest absolute Gasteiger partial charge is 0.507 e. The van der Waals surface area contributed by atoms with Crippen LogP contribution < -0.4 is 10.6 Å². The Morgan fingerprint density at radius 2 is 1.90 bits per heavy atom. The van der Waals surface area contributed by atoms with E-state index in [4.69, 9.17) is 5.73 Å². The van der Waals surface area contributed by atoms with Crippen molar-refractivity contribution in [2.45, 2.75) is 46.0 Å². The molecule has 1 saturated heterocycles. The number of nitrogen functional groups attached to an aromatic ring is 1. The summed E-state index contributed by atoms with van der Waals surface area (Å²) in [6.07, 6.45) is 9.43. The molecule has 208 valence electrons. The van der Waals surface area contributed by atoms with E-state index in [1.54, 1.807) is 30.5 Å². The average Bonchev–Trinajstić information content (AvgIpc) is 2.96. The smallest absolute Gasteiger partial charge is 0.205 e. The molecule has 0 aliphatic carbocycles. The zero-order chi connectivity index (χ0) is 28.6. The van der Waals surface area contributed by atoms with Crippen molar-refractivity contribution in [3.05, 3.63) is 66.8 Å². The Morgan fingerprint density at radius 3 is 2.62 bits per heavy atom. The number of piperidine rings is 1. The number of aromatic nitrogens is 4. The maximum atomic E-state index is 10.0. The van der Waals surface area contributed by atoms with Crippen LogP contribution in [0.1, 0.15) is 50.5 Å². The van der Waals surface area contributed by atoms with E-state index < -0.39 is 0 Å². The first-order valence-electron chi connectivity index (χ1n) is 13.8. The summed E-state index contributed by atoms with van der Waals surface area (Å²) in [5.74, 6) is 13.6. The first-order valence-corrected chi connectivity index (χ1v) is 13.8. The number of para-hydroxylation sites is 1. The zero-order valence-corrected chi connectivity index (χ0v) is 23.6. The molecular formula is C32H39N7O. The minimum Gasteiger partial charge on any atom is -0.507 e. The van der Waals surface area contributed by atoms with E-state index in [1.165, 1.54) is 32.4 Å². The molecule has 8 heteroatoms. The third-order valence-electron chi connectivity index (χ3n) is 6.19. The summed E-state index contributed by atoms with van der Waals surface area (Å²) in [7, 11) is 0. The Morgan fingerprint density at radius 1 is 1.10 bits per heavy atom. The van der Waals surface area contributed by atoms with Crippen LogP contribution in [0.2, 0.25) is 0 Å². The summed E-state index contributed by atoms with van der Waals surface area (Å²) in [5, 5.41) is 18.2. The summed E-state index contributed by atoms with van der Waals surface area (Å²) >= 11 is 0. The number of rotatable bonds is 7. The van der Waals surface area contributed by atoms with Gasteiger partial charge < -0.3 is 15.7 Å². The minimum atomic E-state index is 0.153. The van der Waals surface area contributed by atoms with Crippen LogP contribution in [0.5, 0.6) is 5.75 Å². The summed E-state index contributed by atoms with van der Waals surface area (Å²) < 4.78 is 0. The number of nitrogens with two attached hydrogens (primary N) is 1. The highest BCUT2D eigenvalue weighted by Crippen LogP contribution is 2.31. The molecule has 0 bridgehead atoms. The van der Waals surface area contributed by atoms with Gasteiger partial charge in [0.05, 0.1) is 24.5 Å². The second kappa shape index (κ2) is 16.5. The molecule has 1 aliphatic heterocycles. The normalized spacial score (nSPS) is 12.6. The van der Waals surface area contributed by atoms with Crippen LogP contribution in [0.25, 0.3) is 11.3 Å². The predicted octanol–water partition coefficient (Wildman–Crippen LogP) is 4.85. The van der Waals surface area contributed by atoms with Gasteiger partial charge in [0.15, 0.2) is 5.82 Å². The molecule has 1 aromatic carbocycles. The molecule has 0 saturated carbocycles. The van der Waals surface area contributed by atoms with Gasteiger partial charge in [-0.2, -0.15) is 0 Å². The lowest BCUT2D eigenvalue weighted by Gasteiger charge is -2.23. The summed E-state index contributed by atoms with van der Waals surface area (Å²) in [4.78, 5) is 12.8. The van der Waals surface area contributed by atoms with E-state index in [9.17, 15) is 5.11 Å². The molecule has 0 atom stereocenters. The summed E-state index contributed by atoms with van der Waals surface area (Å²) in [6.45, 7) is 12.2. The van der Waals surface area contributed by atoms with Gasteiger partial charge in [-0.1, -0.05) is 43.4 Å². The molecule has 3 aromatic rings. The van der Waals surface area contributed by atoms with Gasteiger partial charge >= 0.3 is 0 Å². The van der Waals surface area contributed by atoms with Gasteiger partial charge in [0, 0.05) is 30.4 Å². The van der Waals surface area contributed by atoms with Crippen LogP contribution in [0.3, 0.4) is 0 Å². The van der Waals surface area contributed by atoms with Gasteiger partial charge in [-0.15, -0.1) is 22.7 Å². The topological polar surface area (TPSA) is 104 Å². The van der Waals surface area contributed by atoms with Crippen LogP contribution in [0.4, 0.5) is 11.5 Å². The first kappa shape index (κ1) is 30.1. The number of phenolic OH excluding ortho intramolecular Hbond substituents is 1. The quantitative estimate of drug-likeness (QED) is 0.326. The Bertz CT molecular complexity index is 1360. The number of hydrogen-bond donors (Lipinski definition) is 2. The Labute approximate surface area is 238 Å². The van der Waals surface area contributed by atoms with Crippen LogP contribution in [0.15, 0.2) is 55.3 Å². The van der Waals surface area contributed by atoms with Crippen molar-refractivity contribution in [1.82, 2.24) is 25.1 Å². The molecule has 0 radical (unpaired) electrons. The molecule has 8 nitrogen and oxygen atoms in total. The fraction of sp³-hybridized carbons (Fsp3) is 0.375. The maximum absolute atomic E-state index is 10.0. The van der Waals surface area contributed by atoms with Crippen molar-refractivity contribution in [3.63, 3.8) is 0 Å². The van der Waals surface area contributed by atoms with E-state index in [0.717, 1.165) is 30.8 Å². The number of anilines is 2. The van der Waals surface area contributed by atoms with Crippen molar-refractivity contribution in [1.29, 1.82) is 0 Å². The second-order valence-corrected chi connectivity index (χ2v) is 9.45. The Balaban J connectivity index is 0.000000238. The standard InChI is InChI=1S/C19H22N4O.C13H17N3/c1-3-5-6-9-13-23(12-4-2)17-14-16(21-22-19(17)20)15-10-7-8-11-18(15)24;1-12-7-8-14-13(15-12)6-5-11-16-9-3-2-4-10-16/h4,7-8,10-11,14,24H,2-3,5,12-13H2,1H3,(H2,20,22);7-8H,2-4,9-11H2,1H3. The van der Waals surface area contributed by atoms with E-state index in [-0.39, 0.29) is 5.75 Å². The highest BCUT2D eigenvalue weighted by molar-refractivity contribution is 5.74. The number of phenols is 1. The number of aromatic hydroxyl groups is 1. The van der Waals surface area contributed by atoms with Crippen molar-refractivity contribution in [2.75, 3.05) is 43.4 Å². The van der Waals surface area contributed by atoms with Crippen molar-refractivity contribution in [2.24, 2.45) is 0 Å². The molecule has 0 unspecified atom stereocenters. The van der Waals surface area contributed by atoms with Crippen LogP contribution in [-0.2, 0) is 0 Å². The molecule has 1 aliphatic rings. The van der Waals surface area contributed by atoms with Gasteiger partial charge in [-0.25, -0.2) is 9.97 Å². The van der Waals surface area contributed by atoms with Gasteiger partial charge in [0.2, 0.25) is 5.82 Å². The monoisotopic (exact) mass is 537 g/mol. The number of likely N-dealkylation sites (tertiary alicyclic amines) is 1. The third kappa shape index (κ3) is 9.72. The second-order valence-electron chi connectivity index (χ2n) is 9.45. The number of hydrogen-bond acceptors (Lipinski definition) is 8. The minimum absolute atomic E-state index is 0.153. The number of unbranched alkanes of at least 4 members (excludes halogenated alkanes) is 1. The van der Waals surface area contributed by atoms with E-state index in [0.29, 0.717) is 36.0 Å². The lowest BCUT2D eigenvalue weighted by Crippen LogP contribution is -2.29. The first-order chi connectivity index (χ1) is 19.5. The SMILES string of the molecule is C=CCN(CC#CCCC)c1cc(-c2ccccc2O)nnc1N.Cc1ccnc(C#CCN2CCCCC2)n1. The molecule has 0 amide bonds.